The molecule has 21 heavy (non-hydrogen) atoms. The number of nitrogens with one attached hydrogen (secondary N) is 1. The van der Waals surface area contributed by atoms with Gasteiger partial charge in [0, 0.05) is 6.04 Å². The lowest BCUT2D eigenvalue weighted by Crippen LogP contribution is -2.21. The van der Waals surface area contributed by atoms with Gasteiger partial charge in [-0.3, -0.25) is 0 Å². The van der Waals surface area contributed by atoms with Crippen LogP contribution in [0, 0.1) is 5.82 Å². The molecule has 2 unspecified atom stereocenters. The molecule has 1 nitrogen and oxygen atoms in total. The van der Waals surface area contributed by atoms with Crippen molar-refractivity contribution in [1.82, 2.24) is 5.32 Å². The molecule has 0 aliphatic heterocycles. The molecule has 0 fully saturated rings. The van der Waals surface area contributed by atoms with Crippen molar-refractivity contribution in [2.75, 3.05) is 6.54 Å². The van der Waals surface area contributed by atoms with Crippen LogP contribution in [-0.2, 0) is 0 Å². The van der Waals surface area contributed by atoms with Crippen LogP contribution in [0.1, 0.15) is 43.4 Å². The van der Waals surface area contributed by atoms with Crippen LogP contribution < -0.4 is 5.32 Å². The topological polar surface area (TPSA) is 12.0 Å². The fraction of sp³-hybridized carbons (Fsp3) is 0.333. The standard InChI is InChI=1S/C18H21ClFN/c1-13(15-6-4-3-5-7-15)10-11-21-14(2)16-8-9-18(20)17(19)12-16/h3-9,12-14,21H,10-11H2,1-2H3. The van der Waals surface area contributed by atoms with Gasteiger partial charge in [0.15, 0.2) is 0 Å². The van der Waals surface area contributed by atoms with Gasteiger partial charge in [-0.05, 0) is 49.1 Å². The summed E-state index contributed by atoms with van der Waals surface area (Å²) in [5, 5.41) is 3.64. The third kappa shape index (κ3) is 4.55. The van der Waals surface area contributed by atoms with Crippen molar-refractivity contribution >= 4 is 11.6 Å². The van der Waals surface area contributed by atoms with Crippen LogP contribution in [0.3, 0.4) is 0 Å². The van der Waals surface area contributed by atoms with Gasteiger partial charge in [-0.1, -0.05) is 54.9 Å². The summed E-state index contributed by atoms with van der Waals surface area (Å²) in [7, 11) is 0. The fourth-order valence-corrected chi connectivity index (χ4v) is 2.55. The second-order valence-electron chi connectivity index (χ2n) is 5.45. The van der Waals surface area contributed by atoms with Crippen molar-refractivity contribution < 1.29 is 4.39 Å². The van der Waals surface area contributed by atoms with Gasteiger partial charge in [-0.15, -0.1) is 0 Å². The summed E-state index contributed by atoms with van der Waals surface area (Å²) in [6.07, 6.45) is 1.06. The highest BCUT2D eigenvalue weighted by Crippen LogP contribution is 2.22. The third-order valence-electron chi connectivity index (χ3n) is 3.84. The smallest absolute Gasteiger partial charge is 0.141 e. The second-order valence-corrected chi connectivity index (χ2v) is 5.86. The summed E-state index contributed by atoms with van der Waals surface area (Å²) in [4.78, 5) is 0. The predicted octanol–water partition coefficient (Wildman–Crippen LogP) is 5.32. The van der Waals surface area contributed by atoms with Crippen LogP contribution in [0.5, 0.6) is 0 Å². The van der Waals surface area contributed by atoms with Crippen molar-refractivity contribution in [3.8, 4) is 0 Å². The van der Waals surface area contributed by atoms with Gasteiger partial charge >= 0.3 is 0 Å². The zero-order chi connectivity index (χ0) is 15.2. The quantitative estimate of drug-likeness (QED) is 0.761. The van der Waals surface area contributed by atoms with Crippen molar-refractivity contribution in [2.45, 2.75) is 32.2 Å². The molecule has 0 aliphatic rings. The summed E-state index contributed by atoms with van der Waals surface area (Å²) in [5.41, 5.74) is 2.37. The molecular weight excluding hydrogens is 285 g/mol. The van der Waals surface area contributed by atoms with E-state index in [1.54, 1.807) is 12.1 Å². The van der Waals surface area contributed by atoms with E-state index in [9.17, 15) is 4.39 Å². The number of halogens is 2. The van der Waals surface area contributed by atoms with E-state index in [0.29, 0.717) is 5.92 Å². The minimum Gasteiger partial charge on any atom is -0.310 e. The van der Waals surface area contributed by atoms with Gasteiger partial charge in [0.05, 0.1) is 5.02 Å². The Morgan fingerprint density at radius 1 is 1.05 bits per heavy atom. The number of hydrogen-bond acceptors (Lipinski definition) is 1. The first-order chi connectivity index (χ1) is 10.1. The molecule has 2 rings (SSSR count). The molecule has 2 atom stereocenters. The lowest BCUT2D eigenvalue weighted by molar-refractivity contribution is 0.530. The molecule has 0 aromatic heterocycles. The minimum atomic E-state index is -0.370. The molecule has 0 aliphatic carbocycles. The van der Waals surface area contributed by atoms with Gasteiger partial charge in [-0.25, -0.2) is 4.39 Å². The Hall–Kier alpha value is -1.38. The summed E-state index contributed by atoms with van der Waals surface area (Å²) >= 11 is 5.82. The van der Waals surface area contributed by atoms with E-state index in [1.807, 2.05) is 6.07 Å². The van der Waals surface area contributed by atoms with E-state index in [1.165, 1.54) is 11.6 Å². The molecule has 112 valence electrons. The maximum absolute atomic E-state index is 13.2. The Bertz CT molecular complexity index is 571. The van der Waals surface area contributed by atoms with Gasteiger partial charge in [0.25, 0.3) is 0 Å². The van der Waals surface area contributed by atoms with E-state index in [-0.39, 0.29) is 16.9 Å². The zero-order valence-electron chi connectivity index (χ0n) is 12.4. The Kier molecular flexibility index (Phi) is 5.77. The first-order valence-electron chi connectivity index (χ1n) is 7.31. The Balaban J connectivity index is 1.84. The third-order valence-corrected chi connectivity index (χ3v) is 4.13. The molecule has 0 spiro atoms. The van der Waals surface area contributed by atoms with Crippen LogP contribution >= 0.6 is 11.6 Å². The minimum absolute atomic E-state index is 0.158. The normalized spacial score (nSPS) is 13.9. The Morgan fingerprint density at radius 3 is 2.43 bits per heavy atom. The average molecular weight is 306 g/mol. The van der Waals surface area contributed by atoms with Crippen molar-refractivity contribution in [2.24, 2.45) is 0 Å². The summed E-state index contributed by atoms with van der Waals surface area (Å²) < 4.78 is 13.2. The van der Waals surface area contributed by atoms with E-state index in [4.69, 9.17) is 11.6 Å². The molecule has 0 saturated heterocycles. The first kappa shape index (κ1) is 16.0. The van der Waals surface area contributed by atoms with Crippen molar-refractivity contribution in [1.29, 1.82) is 0 Å². The zero-order valence-corrected chi connectivity index (χ0v) is 13.2. The van der Waals surface area contributed by atoms with Crippen molar-refractivity contribution in [3.63, 3.8) is 0 Å². The van der Waals surface area contributed by atoms with Gasteiger partial charge in [0.1, 0.15) is 5.82 Å². The summed E-state index contributed by atoms with van der Waals surface area (Å²) in [6, 6.07) is 15.5. The van der Waals surface area contributed by atoms with Crippen LogP contribution in [0.2, 0.25) is 5.02 Å². The monoisotopic (exact) mass is 305 g/mol. The highest BCUT2D eigenvalue weighted by atomic mass is 35.5. The fourth-order valence-electron chi connectivity index (χ4n) is 2.36. The summed E-state index contributed by atoms with van der Waals surface area (Å²) in [5.74, 6) is 0.146. The number of benzene rings is 2. The van der Waals surface area contributed by atoms with Crippen LogP contribution in [0.15, 0.2) is 48.5 Å². The number of rotatable bonds is 6. The Morgan fingerprint density at radius 2 is 1.76 bits per heavy atom. The Labute approximate surface area is 131 Å². The molecule has 3 heteroatoms. The molecule has 0 bridgehead atoms. The molecule has 0 amide bonds. The molecule has 2 aromatic rings. The predicted molar refractivity (Wildman–Crippen MR) is 87.3 cm³/mol. The molecule has 0 heterocycles. The highest BCUT2D eigenvalue weighted by molar-refractivity contribution is 6.30. The highest BCUT2D eigenvalue weighted by Gasteiger charge is 2.09. The SMILES string of the molecule is CC(CCNC(C)c1ccc(F)c(Cl)c1)c1ccccc1. The molecule has 2 aromatic carbocycles. The number of hydrogen-bond donors (Lipinski definition) is 1. The van der Waals surface area contributed by atoms with Gasteiger partial charge in [-0.2, -0.15) is 0 Å². The average Bonchev–Trinajstić information content (AvgIpc) is 2.50. The molecule has 0 saturated carbocycles. The van der Waals surface area contributed by atoms with E-state index in [0.717, 1.165) is 18.5 Å². The van der Waals surface area contributed by atoms with E-state index in [2.05, 4.69) is 43.4 Å². The van der Waals surface area contributed by atoms with E-state index < -0.39 is 0 Å². The lowest BCUT2D eigenvalue weighted by atomic mass is 9.97. The van der Waals surface area contributed by atoms with Crippen LogP contribution in [-0.4, -0.2) is 6.54 Å². The van der Waals surface area contributed by atoms with E-state index >= 15 is 0 Å². The molecular formula is C18H21ClFN. The molecule has 0 radical (unpaired) electrons. The summed E-state index contributed by atoms with van der Waals surface area (Å²) in [6.45, 7) is 5.21. The maximum Gasteiger partial charge on any atom is 0.141 e. The van der Waals surface area contributed by atoms with Crippen molar-refractivity contribution in [3.05, 3.63) is 70.5 Å². The first-order valence-corrected chi connectivity index (χ1v) is 7.69. The van der Waals surface area contributed by atoms with Crippen LogP contribution in [0.4, 0.5) is 4.39 Å². The molecule has 1 N–H and O–H groups in total. The lowest BCUT2D eigenvalue weighted by Gasteiger charge is -2.17. The maximum atomic E-state index is 13.2. The van der Waals surface area contributed by atoms with Gasteiger partial charge in [0.2, 0.25) is 0 Å². The second kappa shape index (κ2) is 7.58. The van der Waals surface area contributed by atoms with Gasteiger partial charge < -0.3 is 5.32 Å². The largest absolute Gasteiger partial charge is 0.310 e. The van der Waals surface area contributed by atoms with Crippen LogP contribution in [0.25, 0.3) is 0 Å².